The minimum Gasteiger partial charge on any atom is -0.497 e. The summed E-state index contributed by atoms with van der Waals surface area (Å²) in [5, 5.41) is 11.6. The van der Waals surface area contributed by atoms with Crippen molar-refractivity contribution in [1.82, 2.24) is 0 Å². The van der Waals surface area contributed by atoms with E-state index in [0.717, 1.165) is 19.3 Å². The van der Waals surface area contributed by atoms with E-state index < -0.39 is 12.6 Å². The first-order valence-electron chi connectivity index (χ1n) is 10.7. The quantitative estimate of drug-likeness (QED) is 0.385. The van der Waals surface area contributed by atoms with Crippen LogP contribution in [0.1, 0.15) is 28.8 Å². The van der Waals surface area contributed by atoms with Crippen molar-refractivity contribution in [1.29, 1.82) is 0 Å². The lowest BCUT2D eigenvalue weighted by Crippen LogP contribution is -2.15. The number of methoxy groups -OCH3 is 1. The molecule has 0 aliphatic heterocycles. The fourth-order valence-electron chi connectivity index (χ4n) is 3.16. The van der Waals surface area contributed by atoms with Gasteiger partial charge in [0.15, 0.2) is 6.61 Å². The first-order valence-corrected chi connectivity index (χ1v) is 10.7. The Kier molecular flexibility index (Phi) is 8.71. The highest BCUT2D eigenvalue weighted by Gasteiger charge is 2.13. The number of aryl methyl sites for hydroxylation is 1. The molecule has 3 aromatic carbocycles. The number of hydrogen-bond acceptors (Lipinski definition) is 5. The smallest absolute Gasteiger partial charge is 0.341 e. The van der Waals surface area contributed by atoms with Gasteiger partial charge in [-0.2, -0.15) is 0 Å². The summed E-state index contributed by atoms with van der Waals surface area (Å²) in [5.74, 6) is -0.0410. The zero-order valence-corrected chi connectivity index (χ0v) is 18.5. The number of anilines is 1. The van der Waals surface area contributed by atoms with Crippen molar-refractivity contribution in [2.24, 2.45) is 0 Å². The zero-order valence-electron chi connectivity index (χ0n) is 18.5. The van der Waals surface area contributed by atoms with Crippen LogP contribution >= 0.6 is 0 Å². The molecule has 0 radical (unpaired) electrons. The van der Waals surface area contributed by atoms with Gasteiger partial charge in [-0.1, -0.05) is 30.3 Å². The summed E-state index contributed by atoms with van der Waals surface area (Å²) < 4.78 is 16.2. The van der Waals surface area contributed by atoms with Gasteiger partial charge in [-0.25, -0.2) is 4.79 Å². The molecule has 0 saturated carbocycles. The van der Waals surface area contributed by atoms with E-state index in [1.165, 1.54) is 12.7 Å². The van der Waals surface area contributed by atoms with Crippen LogP contribution in [0.25, 0.3) is 0 Å². The maximum Gasteiger partial charge on any atom is 0.341 e. The van der Waals surface area contributed by atoms with Gasteiger partial charge >= 0.3 is 5.97 Å². The van der Waals surface area contributed by atoms with Crippen LogP contribution in [0.2, 0.25) is 0 Å². The predicted molar refractivity (Wildman–Crippen MR) is 125 cm³/mol. The number of carboxylic acid groups (broad SMARTS) is 1. The molecular weight excluding hydrogens is 422 g/mol. The maximum atomic E-state index is 12.7. The molecule has 0 aliphatic rings. The second kappa shape index (κ2) is 12.1. The third-order valence-corrected chi connectivity index (χ3v) is 4.87. The standard InChI is InChI=1S/C26H27NO6/c1-31-22-14-15-24(33-18-25(28)29)23(17-22)27-26(30)20-10-12-21(13-11-20)32-16-6-5-9-19-7-3-2-4-8-19/h2-4,7-8,10-15,17H,5-6,9,16,18H2,1H3,(H,27,30)(H,28,29). The van der Waals surface area contributed by atoms with Crippen molar-refractivity contribution in [3.05, 3.63) is 83.9 Å². The van der Waals surface area contributed by atoms with E-state index in [0.29, 0.717) is 29.4 Å². The van der Waals surface area contributed by atoms with Crippen molar-refractivity contribution in [2.75, 3.05) is 25.6 Å². The summed E-state index contributed by atoms with van der Waals surface area (Å²) in [4.78, 5) is 23.5. The summed E-state index contributed by atoms with van der Waals surface area (Å²) in [6.45, 7) is 0.0824. The van der Waals surface area contributed by atoms with E-state index in [1.54, 1.807) is 42.5 Å². The maximum absolute atomic E-state index is 12.7. The molecule has 3 aromatic rings. The minimum absolute atomic E-state index is 0.238. The molecule has 0 spiro atoms. The molecule has 0 heterocycles. The van der Waals surface area contributed by atoms with Crippen molar-refractivity contribution >= 4 is 17.6 Å². The SMILES string of the molecule is COc1ccc(OCC(=O)O)c(NC(=O)c2ccc(OCCCCc3ccccc3)cc2)c1. The van der Waals surface area contributed by atoms with Crippen LogP contribution in [-0.2, 0) is 11.2 Å². The Morgan fingerprint density at radius 1 is 0.879 bits per heavy atom. The van der Waals surface area contributed by atoms with Gasteiger partial charge in [-0.05, 0) is 61.2 Å². The Hall–Kier alpha value is -4.00. The van der Waals surface area contributed by atoms with E-state index in [9.17, 15) is 9.59 Å². The summed E-state index contributed by atoms with van der Waals surface area (Å²) >= 11 is 0. The van der Waals surface area contributed by atoms with Gasteiger partial charge in [0.1, 0.15) is 17.2 Å². The molecule has 0 fully saturated rings. The number of carboxylic acids is 1. The van der Waals surface area contributed by atoms with Crippen LogP contribution in [0.4, 0.5) is 5.69 Å². The zero-order chi connectivity index (χ0) is 23.5. The summed E-state index contributed by atoms with van der Waals surface area (Å²) in [5.41, 5.74) is 2.07. The first kappa shape index (κ1) is 23.7. The summed E-state index contributed by atoms with van der Waals surface area (Å²) in [6.07, 6.45) is 3.00. The number of nitrogens with one attached hydrogen (secondary N) is 1. The number of unbranched alkanes of at least 4 members (excludes halogenated alkanes) is 1. The van der Waals surface area contributed by atoms with Crippen LogP contribution in [0, 0.1) is 0 Å². The number of hydrogen-bond donors (Lipinski definition) is 2. The summed E-state index contributed by atoms with van der Waals surface area (Å²) in [6, 6.07) is 21.9. The third kappa shape index (κ3) is 7.57. The number of carbonyl (C=O) groups is 2. The average molecular weight is 450 g/mol. The molecule has 7 nitrogen and oxygen atoms in total. The van der Waals surface area contributed by atoms with Crippen LogP contribution in [-0.4, -0.2) is 37.3 Å². The molecule has 1 amide bonds. The highest BCUT2D eigenvalue weighted by Crippen LogP contribution is 2.30. The van der Waals surface area contributed by atoms with Crippen molar-refractivity contribution in [3.63, 3.8) is 0 Å². The van der Waals surface area contributed by atoms with E-state index in [4.69, 9.17) is 19.3 Å². The summed E-state index contributed by atoms with van der Waals surface area (Å²) in [7, 11) is 1.50. The number of benzene rings is 3. The first-order chi connectivity index (χ1) is 16.0. The highest BCUT2D eigenvalue weighted by molar-refractivity contribution is 6.05. The van der Waals surface area contributed by atoms with E-state index in [-0.39, 0.29) is 11.7 Å². The molecule has 3 rings (SSSR count). The lowest BCUT2D eigenvalue weighted by Gasteiger charge is -2.13. The van der Waals surface area contributed by atoms with Crippen LogP contribution < -0.4 is 19.5 Å². The van der Waals surface area contributed by atoms with Crippen LogP contribution in [0.3, 0.4) is 0 Å². The van der Waals surface area contributed by atoms with Crippen molar-refractivity contribution in [3.8, 4) is 17.2 Å². The molecule has 0 atom stereocenters. The lowest BCUT2D eigenvalue weighted by atomic mass is 10.1. The topological polar surface area (TPSA) is 94.1 Å². The number of aliphatic carboxylic acids is 1. The second-order valence-corrected chi connectivity index (χ2v) is 7.31. The molecule has 0 aromatic heterocycles. The lowest BCUT2D eigenvalue weighted by molar-refractivity contribution is -0.139. The molecule has 2 N–H and O–H groups in total. The fourth-order valence-corrected chi connectivity index (χ4v) is 3.16. The minimum atomic E-state index is -1.11. The van der Waals surface area contributed by atoms with E-state index in [2.05, 4.69) is 17.4 Å². The molecule has 33 heavy (non-hydrogen) atoms. The van der Waals surface area contributed by atoms with Crippen molar-refractivity contribution in [2.45, 2.75) is 19.3 Å². The van der Waals surface area contributed by atoms with Gasteiger partial charge in [0.05, 0.1) is 19.4 Å². The number of amides is 1. The number of carbonyl (C=O) groups excluding carboxylic acids is 1. The Labute approximate surface area is 192 Å². The molecule has 0 bridgehead atoms. The van der Waals surface area contributed by atoms with Gasteiger partial charge < -0.3 is 24.6 Å². The normalized spacial score (nSPS) is 10.3. The van der Waals surface area contributed by atoms with Gasteiger partial charge in [-0.15, -0.1) is 0 Å². The monoisotopic (exact) mass is 449 g/mol. The molecule has 0 saturated heterocycles. The molecular formula is C26H27NO6. The van der Waals surface area contributed by atoms with Gasteiger partial charge in [0.2, 0.25) is 0 Å². The Morgan fingerprint density at radius 2 is 1.61 bits per heavy atom. The van der Waals surface area contributed by atoms with Gasteiger partial charge in [0.25, 0.3) is 5.91 Å². The van der Waals surface area contributed by atoms with E-state index >= 15 is 0 Å². The van der Waals surface area contributed by atoms with Crippen molar-refractivity contribution < 1.29 is 28.9 Å². The molecule has 172 valence electrons. The fraction of sp³-hybridized carbons (Fsp3) is 0.231. The molecule has 7 heteroatoms. The number of ether oxygens (including phenoxy) is 3. The average Bonchev–Trinajstić information content (AvgIpc) is 2.84. The second-order valence-electron chi connectivity index (χ2n) is 7.31. The largest absolute Gasteiger partial charge is 0.497 e. The highest BCUT2D eigenvalue weighted by atomic mass is 16.5. The number of rotatable bonds is 12. The van der Waals surface area contributed by atoms with Crippen LogP contribution in [0.15, 0.2) is 72.8 Å². The predicted octanol–water partition coefficient (Wildman–Crippen LogP) is 4.81. The Morgan fingerprint density at radius 3 is 2.30 bits per heavy atom. The molecule has 0 unspecified atom stereocenters. The third-order valence-electron chi connectivity index (χ3n) is 4.87. The molecule has 0 aliphatic carbocycles. The Balaban J connectivity index is 1.52. The van der Waals surface area contributed by atoms with Crippen LogP contribution in [0.5, 0.6) is 17.2 Å². The van der Waals surface area contributed by atoms with Gasteiger partial charge in [-0.3, -0.25) is 4.79 Å². The van der Waals surface area contributed by atoms with E-state index in [1.807, 2.05) is 18.2 Å². The van der Waals surface area contributed by atoms with Gasteiger partial charge in [0, 0.05) is 11.6 Å². The Bertz CT molecular complexity index is 1050.